The fourth-order valence-electron chi connectivity index (χ4n) is 2.10. The second-order valence-corrected chi connectivity index (χ2v) is 4.21. The third kappa shape index (κ3) is 1.59. The van der Waals surface area contributed by atoms with Gasteiger partial charge in [0.15, 0.2) is 23.3 Å². The second kappa shape index (κ2) is 3.73. The van der Waals surface area contributed by atoms with Crippen LogP contribution in [0.4, 0.5) is 17.6 Å². The Balaban J connectivity index is 2.57. The first-order valence-electron chi connectivity index (χ1n) is 5.04. The van der Waals surface area contributed by atoms with Crippen molar-refractivity contribution in [2.75, 3.05) is 6.54 Å². The van der Waals surface area contributed by atoms with Crippen molar-refractivity contribution in [1.29, 1.82) is 0 Å². The van der Waals surface area contributed by atoms with Gasteiger partial charge >= 0.3 is 0 Å². The zero-order valence-corrected chi connectivity index (χ0v) is 8.71. The van der Waals surface area contributed by atoms with E-state index in [0.717, 1.165) is 12.5 Å². The predicted octanol–water partition coefficient (Wildman–Crippen LogP) is 2.84. The molecule has 5 heteroatoms. The lowest BCUT2D eigenvalue weighted by Crippen LogP contribution is -2.34. The molecule has 0 aliphatic carbocycles. The summed E-state index contributed by atoms with van der Waals surface area (Å²) < 4.78 is 52.4. The molecule has 0 radical (unpaired) electrons. The zero-order valence-electron chi connectivity index (χ0n) is 8.71. The largest absolute Gasteiger partial charge is 0.308 e. The topological polar surface area (TPSA) is 12.0 Å². The lowest BCUT2D eigenvalue weighted by atomic mass is 9.90. The van der Waals surface area contributed by atoms with Crippen LogP contribution in [0.1, 0.15) is 25.3 Å². The van der Waals surface area contributed by atoms with Gasteiger partial charge in [-0.3, -0.25) is 0 Å². The van der Waals surface area contributed by atoms with E-state index in [9.17, 15) is 17.6 Å². The number of rotatable bonds is 1. The Morgan fingerprint density at radius 2 is 1.81 bits per heavy atom. The molecule has 16 heavy (non-hydrogen) atoms. The molecule has 1 atom stereocenters. The molecule has 1 N–H and O–H groups in total. The molecule has 0 bridgehead atoms. The van der Waals surface area contributed by atoms with Gasteiger partial charge < -0.3 is 5.32 Å². The highest BCUT2D eigenvalue weighted by Crippen LogP contribution is 2.34. The van der Waals surface area contributed by atoms with E-state index in [0.29, 0.717) is 13.0 Å². The SMILES string of the molecule is CC1(c2cc(F)c(F)c(F)c2F)CCCN1. The van der Waals surface area contributed by atoms with Gasteiger partial charge in [0, 0.05) is 11.1 Å². The molecule has 1 unspecified atom stereocenters. The highest BCUT2D eigenvalue weighted by molar-refractivity contribution is 5.29. The molecular weight excluding hydrogens is 222 g/mol. The summed E-state index contributed by atoms with van der Waals surface area (Å²) in [6.45, 7) is 2.30. The zero-order chi connectivity index (χ0) is 11.9. The van der Waals surface area contributed by atoms with Gasteiger partial charge in [-0.2, -0.15) is 0 Å². The molecule has 1 fully saturated rings. The molecule has 1 saturated heterocycles. The van der Waals surface area contributed by atoms with Crippen molar-refractivity contribution >= 4 is 0 Å². The maximum absolute atomic E-state index is 13.5. The summed E-state index contributed by atoms with van der Waals surface area (Å²) in [4.78, 5) is 0. The highest BCUT2D eigenvalue weighted by Gasteiger charge is 2.35. The molecule has 0 spiro atoms. The minimum atomic E-state index is -1.76. The Morgan fingerprint density at radius 1 is 1.12 bits per heavy atom. The molecular formula is C11H11F4N. The van der Waals surface area contributed by atoms with E-state index in [2.05, 4.69) is 5.32 Å². The molecule has 88 valence electrons. The minimum absolute atomic E-state index is 0.151. The molecule has 0 saturated carbocycles. The van der Waals surface area contributed by atoms with Gasteiger partial charge in [0.1, 0.15) is 0 Å². The number of halogens is 4. The number of hydrogen-bond donors (Lipinski definition) is 1. The van der Waals surface area contributed by atoms with Crippen LogP contribution in [0.3, 0.4) is 0 Å². The molecule has 1 nitrogen and oxygen atoms in total. The van der Waals surface area contributed by atoms with Gasteiger partial charge in [0.05, 0.1) is 0 Å². The van der Waals surface area contributed by atoms with Crippen LogP contribution in [0.5, 0.6) is 0 Å². The van der Waals surface area contributed by atoms with Crippen LogP contribution in [0.15, 0.2) is 6.07 Å². The third-order valence-corrected chi connectivity index (χ3v) is 3.07. The highest BCUT2D eigenvalue weighted by atomic mass is 19.2. The van der Waals surface area contributed by atoms with Crippen LogP contribution in [0, 0.1) is 23.3 Å². The van der Waals surface area contributed by atoms with Crippen LogP contribution >= 0.6 is 0 Å². The average Bonchev–Trinajstić information content (AvgIpc) is 2.68. The van der Waals surface area contributed by atoms with Crippen molar-refractivity contribution in [2.24, 2.45) is 0 Å². The quantitative estimate of drug-likeness (QED) is 0.447. The molecule has 1 aliphatic rings. The molecule has 2 rings (SSSR count). The first-order chi connectivity index (χ1) is 7.46. The predicted molar refractivity (Wildman–Crippen MR) is 50.9 cm³/mol. The minimum Gasteiger partial charge on any atom is -0.308 e. The second-order valence-electron chi connectivity index (χ2n) is 4.21. The lowest BCUT2D eigenvalue weighted by Gasteiger charge is -2.25. The molecule has 1 heterocycles. The van der Waals surface area contributed by atoms with Gasteiger partial charge in [-0.1, -0.05) is 0 Å². The summed E-state index contributed by atoms with van der Waals surface area (Å²) in [5.74, 6) is -6.17. The van der Waals surface area contributed by atoms with E-state index in [1.807, 2.05) is 0 Å². The summed E-state index contributed by atoms with van der Waals surface area (Å²) in [6.07, 6.45) is 1.35. The standard InChI is InChI=1S/C11H11F4N/c1-11(3-2-4-16-11)6-5-7(12)9(14)10(15)8(6)13/h5,16H,2-4H2,1H3. The van der Waals surface area contributed by atoms with Crippen molar-refractivity contribution in [1.82, 2.24) is 5.32 Å². The third-order valence-electron chi connectivity index (χ3n) is 3.07. The number of nitrogens with one attached hydrogen (secondary N) is 1. The normalized spacial score (nSPS) is 25.1. The maximum atomic E-state index is 13.5. The average molecular weight is 233 g/mol. The van der Waals surface area contributed by atoms with E-state index in [1.165, 1.54) is 0 Å². The van der Waals surface area contributed by atoms with Gasteiger partial charge in [0.2, 0.25) is 0 Å². The molecule has 0 amide bonds. The monoisotopic (exact) mass is 233 g/mol. The molecule has 1 aromatic carbocycles. The van der Waals surface area contributed by atoms with Crippen LogP contribution in [0.25, 0.3) is 0 Å². The van der Waals surface area contributed by atoms with E-state index in [-0.39, 0.29) is 5.56 Å². The summed E-state index contributed by atoms with van der Waals surface area (Å²) in [7, 11) is 0. The van der Waals surface area contributed by atoms with Crippen LogP contribution < -0.4 is 5.32 Å². The van der Waals surface area contributed by atoms with Crippen molar-refractivity contribution < 1.29 is 17.6 Å². The van der Waals surface area contributed by atoms with Crippen LogP contribution in [-0.2, 0) is 5.54 Å². The first-order valence-corrected chi connectivity index (χ1v) is 5.04. The van der Waals surface area contributed by atoms with Gasteiger partial charge in [-0.15, -0.1) is 0 Å². The van der Waals surface area contributed by atoms with E-state index in [4.69, 9.17) is 0 Å². The first kappa shape index (κ1) is 11.4. The van der Waals surface area contributed by atoms with Crippen LogP contribution in [0.2, 0.25) is 0 Å². The van der Waals surface area contributed by atoms with Crippen LogP contribution in [-0.4, -0.2) is 6.54 Å². The van der Waals surface area contributed by atoms with E-state index < -0.39 is 28.8 Å². The fourth-order valence-corrected chi connectivity index (χ4v) is 2.10. The van der Waals surface area contributed by atoms with Gasteiger partial charge in [-0.25, -0.2) is 17.6 Å². The molecule has 0 aromatic heterocycles. The van der Waals surface area contributed by atoms with E-state index >= 15 is 0 Å². The Morgan fingerprint density at radius 3 is 2.38 bits per heavy atom. The summed E-state index contributed by atoms with van der Waals surface area (Å²) in [5, 5.41) is 2.97. The van der Waals surface area contributed by atoms with Crippen molar-refractivity contribution in [3.63, 3.8) is 0 Å². The molecule has 1 aromatic rings. The molecule has 1 aliphatic heterocycles. The summed E-state index contributed by atoms with van der Waals surface area (Å²) in [6, 6.07) is 0.728. The Kier molecular flexibility index (Phi) is 2.66. The maximum Gasteiger partial charge on any atom is 0.197 e. The Labute approximate surface area is 90.5 Å². The van der Waals surface area contributed by atoms with Gasteiger partial charge in [-0.05, 0) is 32.4 Å². The smallest absolute Gasteiger partial charge is 0.197 e. The van der Waals surface area contributed by atoms with E-state index in [1.54, 1.807) is 6.92 Å². The summed E-state index contributed by atoms with van der Waals surface area (Å²) >= 11 is 0. The fraction of sp³-hybridized carbons (Fsp3) is 0.455. The van der Waals surface area contributed by atoms with Crippen molar-refractivity contribution in [3.8, 4) is 0 Å². The lowest BCUT2D eigenvalue weighted by molar-refractivity contribution is 0.363. The van der Waals surface area contributed by atoms with Crippen molar-refractivity contribution in [2.45, 2.75) is 25.3 Å². The van der Waals surface area contributed by atoms with Crippen molar-refractivity contribution in [3.05, 3.63) is 34.9 Å². The number of benzene rings is 1. The summed E-state index contributed by atoms with van der Waals surface area (Å²) in [5.41, 5.74) is -0.971. The Bertz CT molecular complexity index is 424. The van der Waals surface area contributed by atoms with Gasteiger partial charge in [0.25, 0.3) is 0 Å². The Hall–Kier alpha value is -1.10. The number of hydrogen-bond acceptors (Lipinski definition) is 1.